The van der Waals surface area contributed by atoms with Crippen molar-refractivity contribution in [2.75, 3.05) is 6.61 Å². The second kappa shape index (κ2) is 9.84. The molecular formula is C22H21BrN4O2. The second-order valence-corrected chi connectivity index (χ2v) is 7.02. The molecule has 0 unspecified atom stereocenters. The zero-order valence-corrected chi connectivity index (χ0v) is 17.7. The topological polar surface area (TPSA) is 79.1 Å². The highest BCUT2D eigenvalue weighted by atomic mass is 79.9. The smallest absolute Gasteiger partial charge is 0.172 e. The summed E-state index contributed by atoms with van der Waals surface area (Å²) in [6.45, 7) is 4.30. The van der Waals surface area contributed by atoms with Gasteiger partial charge in [0.25, 0.3) is 0 Å². The lowest BCUT2D eigenvalue weighted by atomic mass is 10.2. The molecule has 148 valence electrons. The zero-order chi connectivity index (χ0) is 20.6. The number of para-hydroxylation sites is 1. The summed E-state index contributed by atoms with van der Waals surface area (Å²) in [5.41, 5.74) is 5.97. The lowest BCUT2D eigenvalue weighted by molar-refractivity contribution is 0.317. The first-order valence-electron chi connectivity index (χ1n) is 9.08. The molecule has 3 aromatic rings. The summed E-state index contributed by atoms with van der Waals surface area (Å²) < 4.78 is 6.23. The van der Waals surface area contributed by atoms with Gasteiger partial charge in [-0.1, -0.05) is 40.2 Å². The van der Waals surface area contributed by atoms with E-state index in [1.807, 2.05) is 56.3 Å². The molecule has 0 aliphatic heterocycles. The normalized spacial score (nSPS) is 11.6. The third kappa shape index (κ3) is 5.42. The molecule has 0 radical (unpaired) electrons. The molecule has 0 aliphatic carbocycles. The van der Waals surface area contributed by atoms with Crippen LogP contribution >= 0.6 is 15.9 Å². The van der Waals surface area contributed by atoms with Gasteiger partial charge in [-0.3, -0.25) is 10.4 Å². The Morgan fingerprint density at radius 1 is 1.21 bits per heavy atom. The highest BCUT2D eigenvalue weighted by molar-refractivity contribution is 9.10. The number of aliphatic imine (C=N–C) groups is 1. The van der Waals surface area contributed by atoms with Gasteiger partial charge < -0.3 is 9.84 Å². The van der Waals surface area contributed by atoms with Crippen molar-refractivity contribution in [1.29, 1.82) is 0 Å². The van der Waals surface area contributed by atoms with E-state index >= 15 is 0 Å². The van der Waals surface area contributed by atoms with Crippen molar-refractivity contribution < 1.29 is 9.84 Å². The fourth-order valence-corrected chi connectivity index (χ4v) is 3.03. The minimum atomic E-state index is 0.0239. The number of nitrogens with zero attached hydrogens (tertiary/aromatic N) is 3. The monoisotopic (exact) mass is 452 g/mol. The van der Waals surface area contributed by atoms with E-state index < -0.39 is 0 Å². The zero-order valence-electron chi connectivity index (χ0n) is 16.1. The van der Waals surface area contributed by atoms with Gasteiger partial charge in [0.15, 0.2) is 17.3 Å². The van der Waals surface area contributed by atoms with E-state index in [0.29, 0.717) is 29.4 Å². The van der Waals surface area contributed by atoms with Gasteiger partial charge in [0.2, 0.25) is 0 Å². The number of nitrogens with one attached hydrogen (secondary N) is 1. The van der Waals surface area contributed by atoms with Gasteiger partial charge in [-0.25, -0.2) is 4.99 Å². The van der Waals surface area contributed by atoms with Crippen molar-refractivity contribution in [2.45, 2.75) is 13.8 Å². The maximum atomic E-state index is 10.4. The molecule has 3 rings (SSSR count). The van der Waals surface area contributed by atoms with Crippen LogP contribution in [-0.2, 0) is 0 Å². The predicted molar refractivity (Wildman–Crippen MR) is 119 cm³/mol. The SMILES string of the molecule is CCOc1cc(Br)cc(/C=N/NC(=Nc2ccccc2C)c2ccccn2)c1O. The van der Waals surface area contributed by atoms with Gasteiger partial charge in [-0.15, -0.1) is 0 Å². The third-order valence-electron chi connectivity index (χ3n) is 4.00. The number of benzene rings is 2. The summed E-state index contributed by atoms with van der Waals surface area (Å²) >= 11 is 3.42. The molecule has 0 atom stereocenters. The van der Waals surface area contributed by atoms with Crippen LogP contribution in [0.3, 0.4) is 0 Å². The number of aryl methyl sites for hydroxylation is 1. The molecule has 0 amide bonds. The molecule has 2 aromatic carbocycles. The van der Waals surface area contributed by atoms with Crippen LogP contribution in [0.15, 0.2) is 75.4 Å². The van der Waals surface area contributed by atoms with Gasteiger partial charge >= 0.3 is 0 Å². The fraction of sp³-hybridized carbons (Fsp3) is 0.136. The molecule has 29 heavy (non-hydrogen) atoms. The van der Waals surface area contributed by atoms with E-state index in [4.69, 9.17) is 4.74 Å². The van der Waals surface area contributed by atoms with Crippen molar-refractivity contribution in [2.24, 2.45) is 10.1 Å². The van der Waals surface area contributed by atoms with Crippen LogP contribution in [0.2, 0.25) is 0 Å². The van der Waals surface area contributed by atoms with E-state index in [1.165, 1.54) is 6.21 Å². The Bertz CT molecular complexity index is 1040. The van der Waals surface area contributed by atoms with Crippen LogP contribution in [0.25, 0.3) is 0 Å². The number of aromatic hydroxyl groups is 1. The van der Waals surface area contributed by atoms with Crippen molar-refractivity contribution in [3.63, 3.8) is 0 Å². The van der Waals surface area contributed by atoms with Crippen molar-refractivity contribution >= 4 is 33.7 Å². The Hall–Kier alpha value is -3.19. The Balaban J connectivity index is 1.91. The Morgan fingerprint density at radius 2 is 2.00 bits per heavy atom. The van der Waals surface area contributed by atoms with Crippen LogP contribution in [-0.4, -0.2) is 28.7 Å². The summed E-state index contributed by atoms with van der Waals surface area (Å²) in [5.74, 6) is 0.911. The number of amidine groups is 1. The Morgan fingerprint density at radius 3 is 2.72 bits per heavy atom. The molecule has 0 aliphatic rings. The van der Waals surface area contributed by atoms with Crippen LogP contribution < -0.4 is 10.2 Å². The number of hydrazone groups is 1. The number of rotatable bonds is 6. The summed E-state index contributed by atoms with van der Waals surface area (Å²) in [5, 5.41) is 14.7. The number of halogens is 1. The molecule has 2 N–H and O–H groups in total. The first-order chi connectivity index (χ1) is 14.1. The van der Waals surface area contributed by atoms with Gasteiger partial charge in [0.05, 0.1) is 18.5 Å². The summed E-state index contributed by atoms with van der Waals surface area (Å²) in [6.07, 6.45) is 3.21. The van der Waals surface area contributed by atoms with Crippen LogP contribution in [0.5, 0.6) is 11.5 Å². The standard InChI is InChI=1S/C22H21BrN4O2/c1-3-29-20-13-17(23)12-16(21(20)28)14-25-27-22(19-10-6-7-11-24-19)26-18-9-5-4-8-15(18)2/h4-14,28H,3H2,1-2H3,(H,26,27)/b25-14+. The van der Waals surface area contributed by atoms with Crippen molar-refractivity contribution in [1.82, 2.24) is 10.4 Å². The van der Waals surface area contributed by atoms with Crippen molar-refractivity contribution in [3.8, 4) is 11.5 Å². The molecule has 7 heteroatoms. The van der Waals surface area contributed by atoms with E-state index in [1.54, 1.807) is 18.3 Å². The third-order valence-corrected chi connectivity index (χ3v) is 4.46. The van der Waals surface area contributed by atoms with Crippen LogP contribution in [0, 0.1) is 6.92 Å². The average Bonchev–Trinajstić information content (AvgIpc) is 2.72. The summed E-state index contributed by atoms with van der Waals surface area (Å²) in [6, 6.07) is 16.9. The maximum Gasteiger partial charge on any atom is 0.172 e. The lowest BCUT2D eigenvalue weighted by Gasteiger charge is -2.09. The first kappa shape index (κ1) is 20.5. The van der Waals surface area contributed by atoms with Gasteiger partial charge in [-0.05, 0) is 49.7 Å². The van der Waals surface area contributed by atoms with Crippen LogP contribution in [0.1, 0.15) is 23.7 Å². The number of pyridine rings is 1. The average molecular weight is 453 g/mol. The molecule has 0 spiro atoms. The van der Waals surface area contributed by atoms with Gasteiger partial charge in [-0.2, -0.15) is 5.10 Å². The quantitative estimate of drug-likeness (QED) is 0.314. The number of hydrogen-bond donors (Lipinski definition) is 2. The first-order valence-corrected chi connectivity index (χ1v) is 9.88. The second-order valence-electron chi connectivity index (χ2n) is 6.11. The summed E-state index contributed by atoms with van der Waals surface area (Å²) in [4.78, 5) is 9.04. The predicted octanol–water partition coefficient (Wildman–Crippen LogP) is 4.96. The van der Waals surface area contributed by atoms with E-state index in [-0.39, 0.29) is 5.75 Å². The van der Waals surface area contributed by atoms with Crippen LogP contribution in [0.4, 0.5) is 5.69 Å². The molecule has 1 heterocycles. The fourth-order valence-electron chi connectivity index (χ4n) is 2.57. The number of hydrogen-bond acceptors (Lipinski definition) is 5. The highest BCUT2D eigenvalue weighted by Gasteiger charge is 2.10. The van der Waals surface area contributed by atoms with Crippen molar-refractivity contribution in [3.05, 3.63) is 82.1 Å². The summed E-state index contributed by atoms with van der Waals surface area (Å²) in [7, 11) is 0. The van der Waals surface area contributed by atoms with E-state index in [0.717, 1.165) is 15.7 Å². The number of ether oxygens (including phenoxy) is 1. The maximum absolute atomic E-state index is 10.4. The minimum absolute atomic E-state index is 0.0239. The largest absolute Gasteiger partial charge is 0.504 e. The lowest BCUT2D eigenvalue weighted by Crippen LogP contribution is -2.20. The highest BCUT2D eigenvalue weighted by Crippen LogP contribution is 2.32. The Labute approximate surface area is 178 Å². The Kier molecular flexibility index (Phi) is 6.97. The number of aromatic nitrogens is 1. The van der Waals surface area contributed by atoms with E-state index in [2.05, 4.69) is 36.4 Å². The van der Waals surface area contributed by atoms with Gasteiger partial charge in [0, 0.05) is 16.2 Å². The molecule has 1 aromatic heterocycles. The molecule has 0 bridgehead atoms. The molecule has 0 saturated carbocycles. The molecule has 0 fully saturated rings. The van der Waals surface area contributed by atoms with Gasteiger partial charge in [0.1, 0.15) is 5.69 Å². The molecular weight excluding hydrogens is 432 g/mol. The minimum Gasteiger partial charge on any atom is -0.504 e. The van der Waals surface area contributed by atoms with E-state index in [9.17, 15) is 5.11 Å². The number of phenols is 1. The number of phenolic OH excluding ortho intramolecular Hbond substituents is 1. The molecule has 6 nitrogen and oxygen atoms in total. The molecule has 0 saturated heterocycles.